The van der Waals surface area contributed by atoms with Gasteiger partial charge in [0, 0.05) is 23.5 Å². The third kappa shape index (κ3) is 3.43. The molecule has 0 heterocycles. The standard InChI is InChI=1S/C17H24BrNO/c1-17(2,3)14-9-7-13(8-10-14)16(20)19(12-11-18)15-5-4-6-15/h7-10,15H,4-6,11-12H2,1-3H3. The fraction of sp³-hybridized carbons (Fsp3) is 0.588. The first-order chi connectivity index (χ1) is 9.43. The lowest BCUT2D eigenvalue weighted by Gasteiger charge is -2.37. The molecule has 0 bridgehead atoms. The first-order valence-corrected chi connectivity index (χ1v) is 8.53. The average Bonchev–Trinajstić information content (AvgIpc) is 2.34. The second-order valence-corrected chi connectivity index (χ2v) is 7.39. The third-order valence-corrected chi connectivity index (χ3v) is 4.45. The Hall–Kier alpha value is -0.830. The second-order valence-electron chi connectivity index (χ2n) is 6.60. The molecule has 0 saturated heterocycles. The fourth-order valence-electron chi connectivity index (χ4n) is 2.52. The molecule has 1 aliphatic carbocycles. The van der Waals surface area contributed by atoms with Crippen LogP contribution in [-0.4, -0.2) is 28.7 Å². The van der Waals surface area contributed by atoms with Crippen LogP contribution in [0, 0.1) is 0 Å². The number of carbonyl (C=O) groups is 1. The molecule has 0 radical (unpaired) electrons. The van der Waals surface area contributed by atoms with Crippen molar-refractivity contribution in [2.75, 3.05) is 11.9 Å². The minimum atomic E-state index is 0.130. The third-order valence-electron chi connectivity index (χ3n) is 4.10. The summed E-state index contributed by atoms with van der Waals surface area (Å²) in [4.78, 5) is 14.7. The van der Waals surface area contributed by atoms with Gasteiger partial charge in [-0.05, 0) is 42.4 Å². The summed E-state index contributed by atoms with van der Waals surface area (Å²) in [6.07, 6.45) is 3.55. The molecule has 2 nitrogen and oxygen atoms in total. The van der Waals surface area contributed by atoms with Gasteiger partial charge in [0.05, 0.1) is 0 Å². The van der Waals surface area contributed by atoms with Crippen LogP contribution < -0.4 is 0 Å². The average molecular weight is 338 g/mol. The van der Waals surface area contributed by atoms with Crippen molar-refractivity contribution in [1.82, 2.24) is 4.90 Å². The number of hydrogen-bond acceptors (Lipinski definition) is 1. The first-order valence-electron chi connectivity index (χ1n) is 7.41. The van der Waals surface area contributed by atoms with E-state index in [1.807, 2.05) is 17.0 Å². The summed E-state index contributed by atoms with van der Waals surface area (Å²) in [5.74, 6) is 0.176. The first kappa shape index (κ1) is 15.6. The number of benzene rings is 1. The summed E-state index contributed by atoms with van der Waals surface area (Å²) in [7, 11) is 0. The highest BCUT2D eigenvalue weighted by molar-refractivity contribution is 9.09. The summed E-state index contributed by atoms with van der Waals surface area (Å²) in [6, 6.07) is 8.56. The van der Waals surface area contributed by atoms with Gasteiger partial charge in [-0.1, -0.05) is 48.8 Å². The lowest BCUT2D eigenvalue weighted by molar-refractivity contribution is 0.0599. The van der Waals surface area contributed by atoms with Crippen molar-refractivity contribution in [3.8, 4) is 0 Å². The molecule has 2 rings (SSSR count). The van der Waals surface area contributed by atoms with Crippen LogP contribution in [0.4, 0.5) is 0 Å². The molecule has 0 spiro atoms. The Balaban J connectivity index is 2.14. The van der Waals surface area contributed by atoms with E-state index in [1.165, 1.54) is 12.0 Å². The van der Waals surface area contributed by atoms with Crippen molar-refractivity contribution in [1.29, 1.82) is 0 Å². The minimum absolute atomic E-state index is 0.130. The van der Waals surface area contributed by atoms with E-state index >= 15 is 0 Å². The normalized spacial score (nSPS) is 15.8. The summed E-state index contributed by atoms with van der Waals surface area (Å²) in [5, 5.41) is 0.843. The monoisotopic (exact) mass is 337 g/mol. The second kappa shape index (κ2) is 6.30. The molecule has 0 unspecified atom stereocenters. The Kier molecular flexibility index (Phi) is 4.90. The molecule has 0 aromatic heterocycles. The van der Waals surface area contributed by atoms with Gasteiger partial charge in [-0.15, -0.1) is 0 Å². The van der Waals surface area contributed by atoms with Crippen LogP contribution in [0.3, 0.4) is 0 Å². The Morgan fingerprint density at radius 1 is 1.25 bits per heavy atom. The number of nitrogens with zero attached hydrogens (tertiary/aromatic N) is 1. The van der Waals surface area contributed by atoms with Gasteiger partial charge in [-0.2, -0.15) is 0 Å². The predicted octanol–water partition coefficient (Wildman–Crippen LogP) is 4.37. The molecule has 0 N–H and O–H groups in total. The Labute approximate surface area is 130 Å². The molecule has 0 aliphatic heterocycles. The number of halogens is 1. The highest BCUT2D eigenvalue weighted by Gasteiger charge is 2.29. The quantitative estimate of drug-likeness (QED) is 0.747. The Bertz CT molecular complexity index is 457. The predicted molar refractivity (Wildman–Crippen MR) is 87.6 cm³/mol. The van der Waals surface area contributed by atoms with E-state index < -0.39 is 0 Å². The number of alkyl halides is 1. The van der Waals surface area contributed by atoms with Crippen LogP contribution in [0.5, 0.6) is 0 Å². The Morgan fingerprint density at radius 2 is 1.85 bits per heavy atom. The van der Waals surface area contributed by atoms with Crippen LogP contribution in [0.2, 0.25) is 0 Å². The van der Waals surface area contributed by atoms with Crippen LogP contribution in [-0.2, 0) is 5.41 Å². The topological polar surface area (TPSA) is 20.3 Å². The van der Waals surface area contributed by atoms with Gasteiger partial charge in [-0.25, -0.2) is 0 Å². The highest BCUT2D eigenvalue weighted by Crippen LogP contribution is 2.27. The molecule has 3 heteroatoms. The number of amides is 1. The van der Waals surface area contributed by atoms with E-state index in [4.69, 9.17) is 0 Å². The van der Waals surface area contributed by atoms with Crippen molar-refractivity contribution in [2.24, 2.45) is 0 Å². The molecule has 1 saturated carbocycles. The lowest BCUT2D eigenvalue weighted by atomic mass is 9.86. The van der Waals surface area contributed by atoms with Gasteiger partial charge < -0.3 is 4.90 Å². The van der Waals surface area contributed by atoms with Crippen molar-refractivity contribution < 1.29 is 4.79 Å². The molecule has 1 aliphatic rings. The molecule has 1 fully saturated rings. The highest BCUT2D eigenvalue weighted by atomic mass is 79.9. The van der Waals surface area contributed by atoms with E-state index in [2.05, 4.69) is 48.8 Å². The molecule has 1 amide bonds. The summed E-state index contributed by atoms with van der Waals surface area (Å²) in [5.41, 5.74) is 2.21. The summed E-state index contributed by atoms with van der Waals surface area (Å²) >= 11 is 3.46. The van der Waals surface area contributed by atoms with Gasteiger partial charge in [0.2, 0.25) is 0 Å². The van der Waals surface area contributed by atoms with Gasteiger partial charge in [0.15, 0.2) is 0 Å². The molecular weight excluding hydrogens is 314 g/mol. The molecule has 110 valence electrons. The Morgan fingerprint density at radius 3 is 2.25 bits per heavy atom. The molecule has 1 aromatic rings. The molecule has 0 atom stereocenters. The molecule has 1 aromatic carbocycles. The summed E-state index contributed by atoms with van der Waals surface area (Å²) < 4.78 is 0. The van der Waals surface area contributed by atoms with E-state index in [1.54, 1.807) is 0 Å². The van der Waals surface area contributed by atoms with Crippen LogP contribution >= 0.6 is 15.9 Å². The maximum atomic E-state index is 12.6. The maximum absolute atomic E-state index is 12.6. The van der Waals surface area contributed by atoms with Crippen molar-refractivity contribution in [3.05, 3.63) is 35.4 Å². The SMILES string of the molecule is CC(C)(C)c1ccc(C(=O)N(CCBr)C2CCC2)cc1. The van der Waals surface area contributed by atoms with Gasteiger partial charge in [0.1, 0.15) is 0 Å². The zero-order valence-corrected chi connectivity index (χ0v) is 14.2. The molecule has 20 heavy (non-hydrogen) atoms. The van der Waals surface area contributed by atoms with Crippen LogP contribution in [0.1, 0.15) is 56.0 Å². The van der Waals surface area contributed by atoms with Gasteiger partial charge >= 0.3 is 0 Å². The maximum Gasteiger partial charge on any atom is 0.254 e. The van der Waals surface area contributed by atoms with E-state index in [0.29, 0.717) is 6.04 Å². The van der Waals surface area contributed by atoms with E-state index in [-0.39, 0.29) is 11.3 Å². The van der Waals surface area contributed by atoms with Crippen LogP contribution in [0.15, 0.2) is 24.3 Å². The van der Waals surface area contributed by atoms with E-state index in [0.717, 1.165) is 30.3 Å². The largest absolute Gasteiger partial charge is 0.335 e. The smallest absolute Gasteiger partial charge is 0.254 e. The zero-order chi connectivity index (χ0) is 14.8. The number of rotatable bonds is 4. The minimum Gasteiger partial charge on any atom is -0.335 e. The zero-order valence-electron chi connectivity index (χ0n) is 12.7. The lowest BCUT2D eigenvalue weighted by Crippen LogP contribution is -2.45. The van der Waals surface area contributed by atoms with Crippen molar-refractivity contribution in [3.63, 3.8) is 0 Å². The van der Waals surface area contributed by atoms with E-state index in [9.17, 15) is 4.79 Å². The van der Waals surface area contributed by atoms with Gasteiger partial charge in [0.25, 0.3) is 5.91 Å². The molecular formula is C17H24BrNO. The van der Waals surface area contributed by atoms with Gasteiger partial charge in [-0.3, -0.25) is 4.79 Å². The van der Waals surface area contributed by atoms with Crippen molar-refractivity contribution >= 4 is 21.8 Å². The summed E-state index contributed by atoms with van der Waals surface area (Å²) in [6.45, 7) is 7.37. The fourth-order valence-corrected chi connectivity index (χ4v) is 2.90. The van der Waals surface area contributed by atoms with Crippen molar-refractivity contribution in [2.45, 2.75) is 51.5 Å². The van der Waals surface area contributed by atoms with Crippen LogP contribution in [0.25, 0.3) is 0 Å². The number of hydrogen-bond donors (Lipinski definition) is 0. The number of carbonyl (C=O) groups excluding carboxylic acids is 1.